The monoisotopic (exact) mass is 271 g/mol. The van der Waals surface area contributed by atoms with Gasteiger partial charge in [-0.1, -0.05) is 56.3 Å². The van der Waals surface area contributed by atoms with Gasteiger partial charge in [0.2, 0.25) is 0 Å². The van der Waals surface area contributed by atoms with E-state index in [2.05, 4.69) is 72.8 Å². The van der Waals surface area contributed by atoms with Gasteiger partial charge in [-0.3, -0.25) is 0 Å². The third-order valence-electron chi connectivity index (χ3n) is 5.40. The zero-order valence-corrected chi connectivity index (χ0v) is 12.3. The second-order valence-electron chi connectivity index (χ2n) is 6.35. The van der Waals surface area contributed by atoms with E-state index in [-0.39, 0.29) is 0 Å². The van der Waals surface area contributed by atoms with Gasteiger partial charge in [0, 0.05) is 22.4 Å². The van der Waals surface area contributed by atoms with Gasteiger partial charge in [0.05, 0.1) is 11.0 Å². The maximum atomic E-state index is 2.50. The van der Waals surface area contributed by atoms with E-state index in [0.717, 1.165) is 0 Å². The zero-order valence-electron chi connectivity index (χ0n) is 12.3. The van der Waals surface area contributed by atoms with Crippen LogP contribution < -0.4 is 0 Å². The summed E-state index contributed by atoms with van der Waals surface area (Å²) in [5, 5.41) is 4.11. The largest absolute Gasteiger partial charge is 0.312 e. The molecule has 3 heterocycles. The summed E-state index contributed by atoms with van der Waals surface area (Å²) in [4.78, 5) is 0. The predicted octanol–water partition coefficient (Wildman–Crippen LogP) is 5.47. The van der Waals surface area contributed by atoms with E-state index >= 15 is 0 Å². The molecule has 0 bridgehead atoms. The number of nitrogens with zero attached hydrogens (tertiary/aromatic N) is 1. The maximum absolute atomic E-state index is 2.50. The number of benzene rings is 2. The Bertz CT molecular complexity index is 1020. The summed E-state index contributed by atoms with van der Waals surface area (Å²) in [5.74, 6) is 1.13. The van der Waals surface area contributed by atoms with Crippen LogP contribution in [-0.2, 0) is 0 Å². The molecule has 1 nitrogen and oxygen atoms in total. The first-order chi connectivity index (χ1) is 10.3. The number of rotatable bonds is 0. The average molecular weight is 271 g/mol. The van der Waals surface area contributed by atoms with Crippen molar-refractivity contribution in [2.45, 2.75) is 25.7 Å². The molecule has 2 aromatic heterocycles. The quantitative estimate of drug-likeness (QED) is 0.374. The number of para-hydroxylation sites is 1. The van der Waals surface area contributed by atoms with Crippen LogP contribution in [0.3, 0.4) is 0 Å². The zero-order chi connectivity index (χ0) is 14.1. The highest BCUT2D eigenvalue weighted by molar-refractivity contribution is 6.13. The Morgan fingerprint density at radius 3 is 2.33 bits per heavy atom. The van der Waals surface area contributed by atoms with Crippen LogP contribution in [0.2, 0.25) is 0 Å². The Hall–Kier alpha value is -2.28. The van der Waals surface area contributed by atoms with Crippen molar-refractivity contribution in [2.75, 3.05) is 0 Å². The third kappa shape index (κ3) is 1.23. The summed E-state index contributed by atoms with van der Waals surface area (Å²) >= 11 is 0. The van der Waals surface area contributed by atoms with Crippen LogP contribution in [0.5, 0.6) is 0 Å². The minimum Gasteiger partial charge on any atom is -0.312 e. The SMILES string of the molecule is CC1c2cccc3c4ccccc4c4ccc(n4c23)C1C. The van der Waals surface area contributed by atoms with Crippen molar-refractivity contribution < 1.29 is 0 Å². The van der Waals surface area contributed by atoms with Crippen LogP contribution in [0.1, 0.15) is 36.9 Å². The van der Waals surface area contributed by atoms with Gasteiger partial charge in [0.25, 0.3) is 0 Å². The highest BCUT2D eigenvalue weighted by Crippen LogP contribution is 2.44. The molecule has 2 atom stereocenters. The van der Waals surface area contributed by atoms with Crippen molar-refractivity contribution in [1.82, 2.24) is 4.40 Å². The maximum Gasteiger partial charge on any atom is 0.0572 e. The molecule has 0 fully saturated rings. The van der Waals surface area contributed by atoms with E-state index in [0.29, 0.717) is 11.8 Å². The summed E-state index contributed by atoms with van der Waals surface area (Å²) in [5.41, 5.74) is 5.70. The lowest BCUT2D eigenvalue weighted by Crippen LogP contribution is -2.15. The Labute approximate surface area is 123 Å². The molecule has 2 aromatic carbocycles. The first-order valence-electron chi connectivity index (χ1n) is 7.72. The molecule has 5 rings (SSSR count). The van der Waals surface area contributed by atoms with Crippen molar-refractivity contribution in [2.24, 2.45) is 0 Å². The Balaban J connectivity index is 2.21. The van der Waals surface area contributed by atoms with Crippen LogP contribution in [0.15, 0.2) is 54.6 Å². The molecule has 1 heteroatoms. The molecule has 0 aliphatic carbocycles. The minimum absolute atomic E-state index is 0.562. The summed E-state index contributed by atoms with van der Waals surface area (Å²) in [6.45, 7) is 4.71. The number of aromatic nitrogens is 1. The molecular formula is C20H17N. The van der Waals surface area contributed by atoms with Gasteiger partial charge >= 0.3 is 0 Å². The van der Waals surface area contributed by atoms with E-state index in [4.69, 9.17) is 0 Å². The van der Waals surface area contributed by atoms with E-state index in [1.54, 1.807) is 0 Å². The summed E-state index contributed by atoms with van der Waals surface area (Å²) < 4.78 is 2.50. The van der Waals surface area contributed by atoms with Crippen LogP contribution in [0.25, 0.3) is 27.2 Å². The number of hydrogen-bond donors (Lipinski definition) is 0. The molecule has 1 aliphatic heterocycles. The van der Waals surface area contributed by atoms with Crippen molar-refractivity contribution in [3.05, 3.63) is 65.9 Å². The highest BCUT2D eigenvalue weighted by Gasteiger charge is 2.27. The molecule has 0 spiro atoms. The molecular weight excluding hydrogens is 254 g/mol. The normalized spacial score (nSPS) is 20.9. The fourth-order valence-corrected chi connectivity index (χ4v) is 4.13. The molecule has 4 aromatic rings. The van der Waals surface area contributed by atoms with E-state index in [1.807, 2.05) is 0 Å². The molecule has 2 unspecified atom stereocenters. The molecule has 21 heavy (non-hydrogen) atoms. The molecule has 0 N–H and O–H groups in total. The fraction of sp³-hybridized carbons (Fsp3) is 0.200. The van der Waals surface area contributed by atoms with Crippen molar-refractivity contribution in [1.29, 1.82) is 0 Å². The number of pyridine rings is 1. The molecule has 0 amide bonds. The average Bonchev–Trinajstić information content (AvgIpc) is 2.98. The van der Waals surface area contributed by atoms with Crippen LogP contribution in [-0.4, -0.2) is 4.40 Å². The number of fused-ring (bicyclic) bond motifs is 3. The Morgan fingerprint density at radius 2 is 1.48 bits per heavy atom. The van der Waals surface area contributed by atoms with Gasteiger partial charge in [0.15, 0.2) is 0 Å². The van der Waals surface area contributed by atoms with Gasteiger partial charge in [-0.05, 0) is 29.0 Å². The van der Waals surface area contributed by atoms with E-state index < -0.39 is 0 Å². The van der Waals surface area contributed by atoms with Gasteiger partial charge in [0.1, 0.15) is 0 Å². The Kier molecular flexibility index (Phi) is 1.99. The lowest BCUT2D eigenvalue weighted by molar-refractivity contribution is 0.593. The lowest BCUT2D eigenvalue weighted by atomic mass is 9.83. The Morgan fingerprint density at radius 1 is 0.714 bits per heavy atom. The van der Waals surface area contributed by atoms with Crippen molar-refractivity contribution in [3.63, 3.8) is 0 Å². The molecule has 0 radical (unpaired) electrons. The standard InChI is InChI=1S/C20H17N/c1-12-13(2)18-10-11-19-16-7-4-3-6-15(16)17-9-5-8-14(12)20(17)21(18)19/h3-13H,1-2H3. The lowest BCUT2D eigenvalue weighted by Gasteiger charge is -2.29. The van der Waals surface area contributed by atoms with E-state index in [1.165, 1.54) is 38.4 Å². The topological polar surface area (TPSA) is 4.41 Å². The summed E-state index contributed by atoms with van der Waals surface area (Å²) in [6.07, 6.45) is 0. The number of hydrogen-bond acceptors (Lipinski definition) is 0. The second-order valence-corrected chi connectivity index (χ2v) is 6.35. The first kappa shape index (κ1) is 11.4. The van der Waals surface area contributed by atoms with Gasteiger partial charge in [-0.25, -0.2) is 0 Å². The minimum atomic E-state index is 0.562. The van der Waals surface area contributed by atoms with Crippen LogP contribution in [0.4, 0.5) is 0 Å². The summed E-state index contributed by atoms with van der Waals surface area (Å²) in [6, 6.07) is 20.2. The third-order valence-corrected chi connectivity index (χ3v) is 5.40. The van der Waals surface area contributed by atoms with Gasteiger partial charge in [-0.2, -0.15) is 0 Å². The van der Waals surface area contributed by atoms with Crippen molar-refractivity contribution in [3.8, 4) is 0 Å². The fourth-order valence-electron chi connectivity index (χ4n) is 4.13. The molecule has 1 aliphatic rings. The molecule has 0 saturated heterocycles. The van der Waals surface area contributed by atoms with Gasteiger partial charge in [-0.15, -0.1) is 0 Å². The van der Waals surface area contributed by atoms with E-state index in [9.17, 15) is 0 Å². The smallest absolute Gasteiger partial charge is 0.0572 e. The van der Waals surface area contributed by atoms with Crippen LogP contribution >= 0.6 is 0 Å². The molecule has 0 saturated carbocycles. The summed E-state index contributed by atoms with van der Waals surface area (Å²) in [7, 11) is 0. The highest BCUT2D eigenvalue weighted by atomic mass is 14.9. The van der Waals surface area contributed by atoms with Crippen molar-refractivity contribution >= 4 is 27.2 Å². The van der Waals surface area contributed by atoms with Crippen LogP contribution in [0, 0.1) is 0 Å². The second kappa shape index (κ2) is 3.67. The molecule has 102 valence electrons. The first-order valence-corrected chi connectivity index (χ1v) is 7.72. The predicted molar refractivity (Wildman–Crippen MR) is 89.2 cm³/mol. The van der Waals surface area contributed by atoms with Gasteiger partial charge < -0.3 is 4.40 Å².